The van der Waals surface area contributed by atoms with Gasteiger partial charge in [-0.2, -0.15) is 0 Å². The molecule has 0 heterocycles. The van der Waals surface area contributed by atoms with E-state index in [1.807, 2.05) is 80.5 Å². The first kappa shape index (κ1) is 34.1. The molecule has 0 spiro atoms. The minimum absolute atomic E-state index is 0.00876. The molecule has 2 atom stereocenters. The number of carbonyl (C=O) groups excluding carboxylic acids is 2. The number of terminal acetylenes is 1. The van der Waals surface area contributed by atoms with Crippen LogP contribution in [-0.4, -0.2) is 53.8 Å². The Bertz CT molecular complexity index is 865. The summed E-state index contributed by atoms with van der Waals surface area (Å²) in [5.74, 6) is 3.26. The molecule has 8 heteroatoms. The Balaban J connectivity index is 0.000000845. The topological polar surface area (TPSA) is 106 Å². The van der Waals surface area contributed by atoms with Crippen molar-refractivity contribution in [3.8, 4) is 18.1 Å². The minimum atomic E-state index is -0.495. The highest BCUT2D eigenvalue weighted by atomic mass is 16.6. The van der Waals surface area contributed by atoms with Crippen molar-refractivity contribution in [1.82, 2.24) is 10.6 Å². The Labute approximate surface area is 223 Å². The van der Waals surface area contributed by atoms with E-state index < -0.39 is 17.3 Å². The van der Waals surface area contributed by atoms with Gasteiger partial charge in [0.25, 0.3) is 0 Å². The lowest BCUT2D eigenvalue weighted by molar-refractivity contribution is 0.0494. The SMILES string of the molecule is C#C[C@H](CC)NC(=O)OC(C)(C)C.CC[C@@H](CCc1ccc(C)cc1OCCO)NC(=O)OC(C)(C)C. The van der Waals surface area contributed by atoms with Gasteiger partial charge in [0.15, 0.2) is 0 Å². The Morgan fingerprint density at radius 1 is 1.00 bits per heavy atom. The normalized spacial score (nSPS) is 12.7. The van der Waals surface area contributed by atoms with Crippen LogP contribution in [0.4, 0.5) is 9.59 Å². The van der Waals surface area contributed by atoms with Crippen LogP contribution in [0, 0.1) is 19.3 Å². The molecule has 0 bridgehead atoms. The number of aliphatic hydroxyl groups excluding tert-OH is 1. The first-order valence-corrected chi connectivity index (χ1v) is 12.9. The molecule has 2 amide bonds. The summed E-state index contributed by atoms with van der Waals surface area (Å²) in [5, 5.41) is 14.5. The standard InChI is InChI=1S/C19H31NO4.C10H17NO2/c1-6-16(20-18(22)24-19(3,4)5)10-9-15-8-7-14(2)13-17(15)23-12-11-21;1-6-8(7-2)11-9(12)13-10(3,4)5/h7-8,13,16,21H,6,9-12H2,1-5H3,(H,20,22);1,8H,7H2,2-5H3,(H,11,12)/t16-;8-/m01/s1. The molecule has 1 aromatic carbocycles. The highest BCUT2D eigenvalue weighted by Gasteiger charge is 2.19. The van der Waals surface area contributed by atoms with Crippen molar-refractivity contribution in [2.75, 3.05) is 13.2 Å². The lowest BCUT2D eigenvalue weighted by Gasteiger charge is -2.23. The van der Waals surface area contributed by atoms with E-state index in [2.05, 4.69) is 16.6 Å². The number of nitrogens with one attached hydrogen (secondary N) is 2. The van der Waals surface area contributed by atoms with Crippen LogP contribution >= 0.6 is 0 Å². The summed E-state index contributed by atoms with van der Waals surface area (Å²) in [6.45, 7) is 17.2. The first-order valence-electron chi connectivity index (χ1n) is 12.9. The zero-order valence-electron chi connectivity index (χ0n) is 24.2. The first-order chi connectivity index (χ1) is 17.1. The molecule has 0 aliphatic rings. The van der Waals surface area contributed by atoms with Gasteiger partial charge in [0, 0.05) is 6.04 Å². The van der Waals surface area contributed by atoms with Gasteiger partial charge in [-0.1, -0.05) is 31.9 Å². The number of ether oxygens (including phenoxy) is 3. The molecule has 0 fully saturated rings. The summed E-state index contributed by atoms with van der Waals surface area (Å²) < 4.78 is 16.0. The number of hydrogen-bond acceptors (Lipinski definition) is 6. The maximum atomic E-state index is 11.9. The molecule has 3 N–H and O–H groups in total. The van der Waals surface area contributed by atoms with Gasteiger partial charge in [-0.15, -0.1) is 6.42 Å². The van der Waals surface area contributed by atoms with Crippen molar-refractivity contribution >= 4 is 12.2 Å². The molecule has 210 valence electrons. The summed E-state index contributed by atoms with van der Waals surface area (Å²) in [7, 11) is 0. The number of aryl methyl sites for hydroxylation is 2. The molecule has 37 heavy (non-hydrogen) atoms. The van der Waals surface area contributed by atoms with Gasteiger partial charge in [0.05, 0.1) is 12.6 Å². The van der Waals surface area contributed by atoms with Gasteiger partial charge in [-0.05, 0) is 91.3 Å². The van der Waals surface area contributed by atoms with E-state index in [4.69, 9.17) is 25.7 Å². The molecule has 0 saturated carbocycles. The third-order valence-electron chi connectivity index (χ3n) is 4.85. The molecule has 0 aliphatic carbocycles. The van der Waals surface area contributed by atoms with Crippen LogP contribution < -0.4 is 15.4 Å². The molecular weight excluding hydrogens is 472 g/mol. The van der Waals surface area contributed by atoms with Crippen molar-refractivity contribution in [2.24, 2.45) is 0 Å². The van der Waals surface area contributed by atoms with Crippen LogP contribution in [0.25, 0.3) is 0 Å². The van der Waals surface area contributed by atoms with E-state index in [1.165, 1.54) is 0 Å². The van der Waals surface area contributed by atoms with Crippen molar-refractivity contribution in [3.05, 3.63) is 29.3 Å². The average molecular weight is 521 g/mol. The average Bonchev–Trinajstić information content (AvgIpc) is 2.77. The van der Waals surface area contributed by atoms with Crippen molar-refractivity contribution < 1.29 is 28.9 Å². The number of rotatable bonds is 10. The van der Waals surface area contributed by atoms with Gasteiger partial charge >= 0.3 is 12.2 Å². The second-order valence-corrected chi connectivity index (χ2v) is 10.7. The minimum Gasteiger partial charge on any atom is -0.491 e. The van der Waals surface area contributed by atoms with E-state index in [-0.39, 0.29) is 31.4 Å². The number of amides is 2. The Morgan fingerprint density at radius 2 is 1.57 bits per heavy atom. The van der Waals surface area contributed by atoms with Gasteiger partial charge in [0.1, 0.15) is 23.6 Å². The predicted molar refractivity (Wildman–Crippen MR) is 148 cm³/mol. The smallest absolute Gasteiger partial charge is 0.408 e. The number of aliphatic hydroxyl groups is 1. The van der Waals surface area contributed by atoms with Gasteiger partial charge in [-0.3, -0.25) is 0 Å². The van der Waals surface area contributed by atoms with Crippen molar-refractivity contribution in [2.45, 2.75) is 111 Å². The maximum absolute atomic E-state index is 11.9. The van der Waals surface area contributed by atoms with Crippen LogP contribution in [0.15, 0.2) is 18.2 Å². The number of hydrogen-bond donors (Lipinski definition) is 3. The van der Waals surface area contributed by atoms with Crippen molar-refractivity contribution in [3.63, 3.8) is 0 Å². The molecule has 0 unspecified atom stereocenters. The molecular formula is C29H48N2O6. The number of carbonyl (C=O) groups is 2. The number of benzene rings is 1. The number of alkyl carbamates (subject to hydrolysis) is 2. The van der Waals surface area contributed by atoms with Gasteiger partial charge < -0.3 is 30.0 Å². The molecule has 1 aromatic rings. The van der Waals surface area contributed by atoms with Crippen LogP contribution in [0.2, 0.25) is 0 Å². The summed E-state index contributed by atoms with van der Waals surface area (Å²) in [4.78, 5) is 23.1. The summed E-state index contributed by atoms with van der Waals surface area (Å²) in [6.07, 6.45) is 7.46. The van der Waals surface area contributed by atoms with E-state index in [0.717, 1.165) is 36.1 Å². The monoisotopic (exact) mass is 520 g/mol. The zero-order valence-corrected chi connectivity index (χ0v) is 24.2. The molecule has 0 radical (unpaired) electrons. The van der Waals surface area contributed by atoms with E-state index >= 15 is 0 Å². The van der Waals surface area contributed by atoms with Crippen LogP contribution in [0.3, 0.4) is 0 Å². The van der Waals surface area contributed by atoms with Gasteiger partial charge in [-0.25, -0.2) is 9.59 Å². The zero-order chi connectivity index (χ0) is 28.6. The predicted octanol–water partition coefficient (Wildman–Crippen LogP) is 5.52. The Kier molecular flexibility index (Phi) is 15.4. The largest absolute Gasteiger partial charge is 0.491 e. The highest BCUT2D eigenvalue weighted by molar-refractivity contribution is 5.68. The summed E-state index contributed by atoms with van der Waals surface area (Å²) >= 11 is 0. The van der Waals surface area contributed by atoms with Crippen LogP contribution in [-0.2, 0) is 15.9 Å². The molecule has 0 aromatic heterocycles. The molecule has 0 aliphatic heterocycles. The Hall–Kier alpha value is -2.92. The second kappa shape index (κ2) is 16.8. The summed E-state index contributed by atoms with van der Waals surface area (Å²) in [5.41, 5.74) is 1.23. The fraction of sp³-hybridized carbons (Fsp3) is 0.655. The highest BCUT2D eigenvalue weighted by Crippen LogP contribution is 2.23. The van der Waals surface area contributed by atoms with Crippen LogP contribution in [0.5, 0.6) is 5.75 Å². The quantitative estimate of drug-likeness (QED) is 0.351. The molecule has 1 rings (SSSR count). The second-order valence-electron chi connectivity index (χ2n) is 10.7. The fourth-order valence-electron chi connectivity index (χ4n) is 3.05. The third-order valence-corrected chi connectivity index (χ3v) is 4.85. The van der Waals surface area contributed by atoms with Crippen molar-refractivity contribution in [1.29, 1.82) is 0 Å². The fourth-order valence-corrected chi connectivity index (χ4v) is 3.05. The van der Waals surface area contributed by atoms with Gasteiger partial charge in [0.2, 0.25) is 0 Å². The van der Waals surface area contributed by atoms with E-state index in [9.17, 15) is 9.59 Å². The molecule has 0 saturated heterocycles. The summed E-state index contributed by atoms with van der Waals surface area (Å²) in [6, 6.07) is 5.88. The van der Waals surface area contributed by atoms with E-state index in [1.54, 1.807) is 0 Å². The Morgan fingerprint density at radius 3 is 2.03 bits per heavy atom. The third kappa shape index (κ3) is 17.2. The molecule has 8 nitrogen and oxygen atoms in total. The van der Waals surface area contributed by atoms with E-state index in [0.29, 0.717) is 6.42 Å². The lowest BCUT2D eigenvalue weighted by atomic mass is 10.0. The van der Waals surface area contributed by atoms with Crippen LogP contribution in [0.1, 0.15) is 85.8 Å². The maximum Gasteiger partial charge on any atom is 0.408 e. The lowest BCUT2D eigenvalue weighted by Crippen LogP contribution is -2.39.